The highest BCUT2D eigenvalue weighted by Crippen LogP contribution is 2.32. The molecule has 2 aromatic carbocycles. The van der Waals surface area contributed by atoms with Gasteiger partial charge < -0.3 is 0 Å². The first kappa shape index (κ1) is 18.5. The average Bonchev–Trinajstić information content (AvgIpc) is 3.13. The second-order valence-electron chi connectivity index (χ2n) is 5.95. The van der Waals surface area contributed by atoms with Crippen molar-refractivity contribution < 1.29 is 0 Å². The topological polar surface area (TPSA) is 25.8 Å². The van der Waals surface area contributed by atoms with E-state index in [1.807, 2.05) is 6.07 Å². The van der Waals surface area contributed by atoms with Crippen LogP contribution >= 0.6 is 34.9 Å². The molecule has 1 unspecified atom stereocenters. The summed E-state index contributed by atoms with van der Waals surface area (Å²) in [4.78, 5) is 0. The number of nitrogens with zero attached hydrogens (tertiary/aromatic N) is 2. The van der Waals surface area contributed by atoms with E-state index in [0.717, 1.165) is 20.2 Å². The van der Waals surface area contributed by atoms with Gasteiger partial charge in [-0.25, -0.2) is 0 Å². The summed E-state index contributed by atoms with van der Waals surface area (Å²) in [6, 6.07) is 19.5. The number of hydrogen-bond donors (Lipinski definition) is 0. The van der Waals surface area contributed by atoms with Crippen LogP contribution in [0.15, 0.2) is 63.3 Å². The Balaban J connectivity index is 1.50. The maximum absolute atomic E-state index is 4.31. The van der Waals surface area contributed by atoms with Crippen molar-refractivity contribution in [3.8, 4) is 0 Å². The lowest BCUT2D eigenvalue weighted by Gasteiger charge is -2.09. The van der Waals surface area contributed by atoms with Crippen LogP contribution in [0.4, 0.5) is 0 Å². The van der Waals surface area contributed by atoms with Crippen LogP contribution in [0.1, 0.15) is 42.9 Å². The maximum atomic E-state index is 4.31. The normalized spacial score (nSPS) is 12.2. The SMILES string of the molecule is CCC(C)c1ccc(CSc2nnc(SCc3ccccc3)s2)cc1. The predicted molar refractivity (Wildman–Crippen MR) is 111 cm³/mol. The third kappa shape index (κ3) is 5.59. The molecule has 1 heterocycles. The molecule has 0 amide bonds. The molecule has 2 nitrogen and oxygen atoms in total. The monoisotopic (exact) mass is 386 g/mol. The zero-order valence-electron chi connectivity index (χ0n) is 14.5. The van der Waals surface area contributed by atoms with Crippen LogP contribution in [0.3, 0.4) is 0 Å². The molecule has 130 valence electrons. The summed E-state index contributed by atoms with van der Waals surface area (Å²) in [7, 11) is 0. The number of thioether (sulfide) groups is 2. The molecule has 3 rings (SSSR count). The van der Waals surface area contributed by atoms with E-state index >= 15 is 0 Å². The van der Waals surface area contributed by atoms with Crippen LogP contribution in [-0.4, -0.2) is 10.2 Å². The van der Waals surface area contributed by atoms with Crippen molar-refractivity contribution in [3.05, 3.63) is 71.3 Å². The van der Waals surface area contributed by atoms with Gasteiger partial charge in [0.2, 0.25) is 0 Å². The molecule has 5 heteroatoms. The zero-order valence-corrected chi connectivity index (χ0v) is 17.0. The number of benzene rings is 2. The second kappa shape index (κ2) is 9.41. The first-order chi connectivity index (χ1) is 12.2. The van der Waals surface area contributed by atoms with Gasteiger partial charge in [0.05, 0.1) is 0 Å². The van der Waals surface area contributed by atoms with Gasteiger partial charge in [0.25, 0.3) is 0 Å². The van der Waals surface area contributed by atoms with Gasteiger partial charge in [0, 0.05) is 11.5 Å². The molecule has 0 N–H and O–H groups in total. The van der Waals surface area contributed by atoms with Gasteiger partial charge in [-0.1, -0.05) is 103 Å². The molecule has 0 saturated heterocycles. The highest BCUT2D eigenvalue weighted by molar-refractivity contribution is 8.02. The second-order valence-corrected chi connectivity index (χ2v) is 9.37. The van der Waals surface area contributed by atoms with Crippen molar-refractivity contribution in [2.45, 2.75) is 46.4 Å². The minimum Gasteiger partial charge on any atom is -0.131 e. The summed E-state index contributed by atoms with van der Waals surface area (Å²) < 4.78 is 2.08. The smallest absolute Gasteiger partial charge is 0.131 e. The van der Waals surface area contributed by atoms with Crippen molar-refractivity contribution in [1.29, 1.82) is 0 Å². The third-order valence-electron chi connectivity index (χ3n) is 4.12. The van der Waals surface area contributed by atoms with E-state index in [0.29, 0.717) is 5.92 Å². The number of aromatic nitrogens is 2. The van der Waals surface area contributed by atoms with Crippen molar-refractivity contribution in [3.63, 3.8) is 0 Å². The molecule has 0 saturated carbocycles. The van der Waals surface area contributed by atoms with Gasteiger partial charge in [-0.3, -0.25) is 0 Å². The zero-order chi connectivity index (χ0) is 17.5. The summed E-state index contributed by atoms with van der Waals surface area (Å²) in [6.45, 7) is 4.51. The molecule has 25 heavy (non-hydrogen) atoms. The van der Waals surface area contributed by atoms with Crippen LogP contribution in [0.25, 0.3) is 0 Å². The van der Waals surface area contributed by atoms with Crippen LogP contribution in [0.5, 0.6) is 0 Å². The highest BCUT2D eigenvalue weighted by Gasteiger charge is 2.07. The van der Waals surface area contributed by atoms with Crippen LogP contribution in [0, 0.1) is 0 Å². The molecule has 0 aliphatic carbocycles. The Morgan fingerprint density at radius 3 is 1.96 bits per heavy atom. The standard InChI is InChI=1S/C20H22N2S3/c1-3-15(2)18-11-9-17(10-12-18)14-24-20-22-21-19(25-20)23-13-16-7-5-4-6-8-16/h4-12,15H,3,13-14H2,1-2H3. The van der Waals surface area contributed by atoms with Crippen molar-refractivity contribution >= 4 is 34.9 Å². The molecule has 0 aliphatic rings. The van der Waals surface area contributed by atoms with Crippen LogP contribution < -0.4 is 0 Å². The van der Waals surface area contributed by atoms with Crippen LogP contribution in [0.2, 0.25) is 0 Å². The Labute approximate surface area is 162 Å². The highest BCUT2D eigenvalue weighted by atomic mass is 32.2. The van der Waals surface area contributed by atoms with Gasteiger partial charge in [0.1, 0.15) is 0 Å². The molecule has 0 spiro atoms. The van der Waals surface area contributed by atoms with E-state index in [4.69, 9.17) is 0 Å². The van der Waals surface area contributed by atoms with E-state index in [1.165, 1.54) is 23.1 Å². The van der Waals surface area contributed by atoms with E-state index in [-0.39, 0.29) is 0 Å². The fourth-order valence-corrected chi connectivity index (χ4v) is 5.29. The Bertz CT molecular complexity index is 769. The fraction of sp³-hybridized carbons (Fsp3) is 0.300. The Kier molecular flexibility index (Phi) is 6.96. The molecule has 1 atom stereocenters. The molecule has 3 aromatic rings. The van der Waals surface area contributed by atoms with Crippen LogP contribution in [-0.2, 0) is 11.5 Å². The first-order valence-corrected chi connectivity index (χ1v) is 11.2. The first-order valence-electron chi connectivity index (χ1n) is 8.46. The lowest BCUT2D eigenvalue weighted by molar-refractivity contribution is 0.733. The third-order valence-corrected chi connectivity index (χ3v) is 7.45. The van der Waals surface area contributed by atoms with Gasteiger partial charge in [-0.15, -0.1) is 10.2 Å². The molecular formula is C20H22N2S3. The van der Waals surface area contributed by atoms with Gasteiger partial charge in [-0.2, -0.15) is 0 Å². The fourth-order valence-electron chi connectivity index (χ4n) is 2.36. The average molecular weight is 387 g/mol. The van der Waals surface area contributed by atoms with E-state index in [2.05, 4.69) is 72.6 Å². The van der Waals surface area contributed by atoms with Crippen molar-refractivity contribution in [2.24, 2.45) is 0 Å². The van der Waals surface area contributed by atoms with Gasteiger partial charge in [0.15, 0.2) is 8.68 Å². The summed E-state index contributed by atoms with van der Waals surface area (Å²) in [5, 5.41) is 8.62. The number of rotatable bonds is 8. The molecule has 0 aliphatic heterocycles. The predicted octanol–water partition coefficient (Wildman–Crippen LogP) is 6.64. The largest absolute Gasteiger partial charge is 0.175 e. The molecule has 0 radical (unpaired) electrons. The summed E-state index contributed by atoms with van der Waals surface area (Å²) in [5.74, 6) is 2.52. The van der Waals surface area contributed by atoms with Gasteiger partial charge >= 0.3 is 0 Å². The minimum absolute atomic E-state index is 0.633. The molecule has 1 aromatic heterocycles. The van der Waals surface area contributed by atoms with Crippen molar-refractivity contribution in [2.75, 3.05) is 0 Å². The number of hydrogen-bond acceptors (Lipinski definition) is 5. The quantitative estimate of drug-likeness (QED) is 0.405. The maximum Gasteiger partial charge on any atom is 0.175 e. The van der Waals surface area contributed by atoms with E-state index in [9.17, 15) is 0 Å². The van der Waals surface area contributed by atoms with Crippen molar-refractivity contribution in [1.82, 2.24) is 10.2 Å². The minimum atomic E-state index is 0.633. The Morgan fingerprint density at radius 2 is 1.40 bits per heavy atom. The summed E-state index contributed by atoms with van der Waals surface area (Å²) in [6.07, 6.45) is 1.18. The van der Waals surface area contributed by atoms with E-state index < -0.39 is 0 Å². The molecular weight excluding hydrogens is 364 g/mol. The Morgan fingerprint density at radius 1 is 0.840 bits per heavy atom. The molecule has 0 fully saturated rings. The lowest BCUT2D eigenvalue weighted by Crippen LogP contribution is -1.91. The van der Waals surface area contributed by atoms with Gasteiger partial charge in [-0.05, 0) is 29.0 Å². The molecule has 0 bridgehead atoms. The summed E-state index contributed by atoms with van der Waals surface area (Å²) >= 11 is 5.21. The lowest BCUT2D eigenvalue weighted by atomic mass is 9.98. The summed E-state index contributed by atoms with van der Waals surface area (Å²) in [5.41, 5.74) is 4.08. The Hall–Kier alpha value is -1.30. The van der Waals surface area contributed by atoms with E-state index in [1.54, 1.807) is 34.9 Å².